The summed E-state index contributed by atoms with van der Waals surface area (Å²) >= 11 is 5.91. The lowest BCUT2D eigenvalue weighted by Gasteiger charge is -2.26. The number of anilines is 2. The molecule has 0 spiro atoms. The second kappa shape index (κ2) is 6.83. The molecule has 0 amide bonds. The minimum atomic E-state index is 0.113. The zero-order valence-corrected chi connectivity index (χ0v) is 11.6. The number of aromatic nitrogens is 3. The molecule has 2 heterocycles. The van der Waals surface area contributed by atoms with E-state index in [-0.39, 0.29) is 17.8 Å². The van der Waals surface area contributed by atoms with Gasteiger partial charge in [0.05, 0.1) is 13.2 Å². The molecule has 0 saturated carbocycles. The van der Waals surface area contributed by atoms with Gasteiger partial charge in [0.2, 0.25) is 17.2 Å². The van der Waals surface area contributed by atoms with Crippen LogP contribution in [0.4, 0.5) is 11.9 Å². The van der Waals surface area contributed by atoms with Crippen LogP contribution in [0.25, 0.3) is 0 Å². The molecule has 1 unspecified atom stereocenters. The summed E-state index contributed by atoms with van der Waals surface area (Å²) in [5.74, 6) is 1.12. The predicted octanol–water partition coefficient (Wildman–Crippen LogP) is 0.402. The van der Waals surface area contributed by atoms with Crippen molar-refractivity contribution in [2.24, 2.45) is 5.92 Å². The van der Waals surface area contributed by atoms with Crippen LogP contribution in [0, 0.1) is 5.92 Å². The van der Waals surface area contributed by atoms with Crippen LogP contribution in [0.2, 0.25) is 5.28 Å². The van der Waals surface area contributed by atoms with Crippen molar-refractivity contribution in [2.45, 2.75) is 6.92 Å². The van der Waals surface area contributed by atoms with Crippen molar-refractivity contribution in [3.8, 4) is 0 Å². The molecule has 1 fully saturated rings. The molecule has 0 bridgehead atoms. The summed E-state index contributed by atoms with van der Waals surface area (Å²) in [6.45, 7) is 5.43. The van der Waals surface area contributed by atoms with Crippen molar-refractivity contribution in [1.82, 2.24) is 15.0 Å². The van der Waals surface area contributed by atoms with Crippen LogP contribution in [0.3, 0.4) is 0 Å². The van der Waals surface area contributed by atoms with E-state index in [0.717, 1.165) is 13.1 Å². The zero-order chi connectivity index (χ0) is 13.7. The van der Waals surface area contributed by atoms with E-state index >= 15 is 0 Å². The number of hydrogen-bond acceptors (Lipinski definition) is 7. The second-order valence-electron chi connectivity index (χ2n) is 4.50. The Morgan fingerprint density at radius 1 is 1.37 bits per heavy atom. The molecule has 8 heteroatoms. The number of nitrogens with zero attached hydrogens (tertiary/aromatic N) is 4. The average Bonchev–Trinajstić information content (AvgIpc) is 2.45. The predicted molar refractivity (Wildman–Crippen MR) is 72.6 cm³/mol. The Balaban J connectivity index is 2.05. The van der Waals surface area contributed by atoms with E-state index in [0.29, 0.717) is 31.7 Å². The Morgan fingerprint density at radius 2 is 2.11 bits per heavy atom. The lowest BCUT2D eigenvalue weighted by atomic mass is 10.2. The Kier molecular flexibility index (Phi) is 5.12. The molecule has 19 heavy (non-hydrogen) atoms. The third-order valence-electron chi connectivity index (χ3n) is 2.81. The minimum absolute atomic E-state index is 0.113. The van der Waals surface area contributed by atoms with Crippen LogP contribution in [-0.2, 0) is 4.74 Å². The molecule has 2 rings (SSSR count). The van der Waals surface area contributed by atoms with Crippen molar-refractivity contribution in [1.29, 1.82) is 0 Å². The molecule has 0 aromatic carbocycles. The normalized spacial score (nSPS) is 17.3. The number of ether oxygens (including phenoxy) is 1. The van der Waals surface area contributed by atoms with Gasteiger partial charge in [0.15, 0.2) is 0 Å². The molecule has 1 aromatic rings. The number of morpholine rings is 1. The maximum absolute atomic E-state index is 8.98. The number of aliphatic hydroxyl groups is 1. The second-order valence-corrected chi connectivity index (χ2v) is 4.83. The molecule has 1 saturated heterocycles. The van der Waals surface area contributed by atoms with Crippen molar-refractivity contribution in [3.63, 3.8) is 0 Å². The van der Waals surface area contributed by atoms with Crippen molar-refractivity contribution in [3.05, 3.63) is 5.28 Å². The highest BCUT2D eigenvalue weighted by atomic mass is 35.5. The van der Waals surface area contributed by atoms with Gasteiger partial charge in [-0.1, -0.05) is 6.92 Å². The lowest BCUT2D eigenvalue weighted by Crippen LogP contribution is -2.37. The SMILES string of the molecule is CC(CO)CNc1nc(Cl)nc(N2CCOCC2)n1. The molecule has 1 aliphatic rings. The maximum atomic E-state index is 8.98. The van der Waals surface area contributed by atoms with Gasteiger partial charge in [-0.3, -0.25) is 0 Å². The highest BCUT2D eigenvalue weighted by molar-refractivity contribution is 6.28. The highest BCUT2D eigenvalue weighted by Crippen LogP contribution is 2.15. The highest BCUT2D eigenvalue weighted by Gasteiger charge is 2.16. The summed E-state index contributed by atoms with van der Waals surface area (Å²) < 4.78 is 5.29. The first-order valence-corrected chi connectivity index (χ1v) is 6.66. The smallest absolute Gasteiger partial charge is 0.231 e. The van der Waals surface area contributed by atoms with E-state index in [1.54, 1.807) is 0 Å². The fourth-order valence-electron chi connectivity index (χ4n) is 1.65. The fourth-order valence-corrected chi connectivity index (χ4v) is 1.81. The van der Waals surface area contributed by atoms with E-state index < -0.39 is 0 Å². The zero-order valence-electron chi connectivity index (χ0n) is 10.8. The van der Waals surface area contributed by atoms with Crippen LogP contribution >= 0.6 is 11.6 Å². The Labute approximate surface area is 117 Å². The van der Waals surface area contributed by atoms with Crippen molar-refractivity contribution in [2.75, 3.05) is 49.7 Å². The van der Waals surface area contributed by atoms with Crippen LogP contribution in [0.1, 0.15) is 6.92 Å². The number of aliphatic hydroxyl groups excluding tert-OH is 1. The third-order valence-corrected chi connectivity index (χ3v) is 2.98. The monoisotopic (exact) mass is 287 g/mol. The Morgan fingerprint density at radius 3 is 2.79 bits per heavy atom. The van der Waals surface area contributed by atoms with Gasteiger partial charge >= 0.3 is 0 Å². The molecule has 2 N–H and O–H groups in total. The summed E-state index contributed by atoms with van der Waals surface area (Å²) in [5, 5.41) is 12.2. The van der Waals surface area contributed by atoms with Crippen LogP contribution in [-0.4, -0.2) is 59.5 Å². The van der Waals surface area contributed by atoms with Gasteiger partial charge in [-0.15, -0.1) is 0 Å². The van der Waals surface area contributed by atoms with E-state index in [4.69, 9.17) is 21.4 Å². The number of nitrogens with one attached hydrogen (secondary N) is 1. The minimum Gasteiger partial charge on any atom is -0.396 e. The molecule has 0 aliphatic carbocycles. The summed E-state index contributed by atoms with van der Waals surface area (Å²) in [6, 6.07) is 0. The van der Waals surface area contributed by atoms with E-state index in [2.05, 4.69) is 20.3 Å². The number of hydrogen-bond donors (Lipinski definition) is 2. The molecule has 1 aromatic heterocycles. The van der Waals surface area contributed by atoms with Gasteiger partial charge < -0.3 is 20.1 Å². The average molecular weight is 288 g/mol. The summed E-state index contributed by atoms with van der Waals surface area (Å²) in [7, 11) is 0. The molecule has 1 aliphatic heterocycles. The summed E-state index contributed by atoms with van der Waals surface area (Å²) in [6.07, 6.45) is 0. The first-order chi connectivity index (χ1) is 9.19. The lowest BCUT2D eigenvalue weighted by molar-refractivity contribution is 0.122. The molecule has 7 nitrogen and oxygen atoms in total. The van der Waals surface area contributed by atoms with E-state index in [1.807, 2.05) is 11.8 Å². The van der Waals surface area contributed by atoms with Gasteiger partial charge in [-0.25, -0.2) is 0 Å². The Bertz CT molecular complexity index is 414. The van der Waals surface area contributed by atoms with Crippen LogP contribution in [0.5, 0.6) is 0 Å². The van der Waals surface area contributed by atoms with Gasteiger partial charge in [-0.2, -0.15) is 15.0 Å². The fraction of sp³-hybridized carbons (Fsp3) is 0.727. The van der Waals surface area contributed by atoms with Gasteiger partial charge in [0.1, 0.15) is 0 Å². The number of rotatable bonds is 5. The summed E-state index contributed by atoms with van der Waals surface area (Å²) in [4.78, 5) is 14.5. The maximum Gasteiger partial charge on any atom is 0.231 e. The number of halogens is 1. The topological polar surface area (TPSA) is 83.4 Å². The molecular formula is C11H18ClN5O2. The van der Waals surface area contributed by atoms with Gasteiger partial charge in [0.25, 0.3) is 0 Å². The molecular weight excluding hydrogens is 270 g/mol. The van der Waals surface area contributed by atoms with Crippen LogP contribution in [0.15, 0.2) is 0 Å². The molecule has 1 atom stereocenters. The largest absolute Gasteiger partial charge is 0.396 e. The van der Waals surface area contributed by atoms with E-state index in [1.165, 1.54) is 0 Å². The first kappa shape index (κ1) is 14.2. The van der Waals surface area contributed by atoms with Crippen molar-refractivity contribution < 1.29 is 9.84 Å². The molecule has 106 valence electrons. The van der Waals surface area contributed by atoms with Crippen molar-refractivity contribution >= 4 is 23.5 Å². The Hall–Kier alpha value is -1.18. The standard InChI is InChI=1S/C11H18ClN5O2/c1-8(7-18)6-13-10-14-9(12)15-11(16-10)17-2-4-19-5-3-17/h8,18H,2-7H2,1H3,(H,13,14,15,16). The van der Waals surface area contributed by atoms with Gasteiger partial charge in [0, 0.05) is 26.2 Å². The van der Waals surface area contributed by atoms with Crippen LogP contribution < -0.4 is 10.2 Å². The first-order valence-electron chi connectivity index (χ1n) is 6.28. The summed E-state index contributed by atoms with van der Waals surface area (Å²) in [5.41, 5.74) is 0. The van der Waals surface area contributed by atoms with E-state index in [9.17, 15) is 0 Å². The quantitative estimate of drug-likeness (QED) is 0.811. The van der Waals surface area contributed by atoms with Gasteiger partial charge in [-0.05, 0) is 17.5 Å². The third kappa shape index (κ3) is 4.15. The molecule has 0 radical (unpaired) electrons.